The molecule has 0 rings (SSSR count). The number of rotatable bonds is 21. The Morgan fingerprint density at radius 3 is 1.54 bits per heavy atom. The Bertz CT molecular complexity index is 348. The second-order valence-electron chi connectivity index (χ2n) is 7.92. The number of carbonyl (C=O) groups is 1. The van der Waals surface area contributed by atoms with E-state index in [4.69, 9.17) is 19.3 Å². The van der Waals surface area contributed by atoms with Crippen LogP contribution in [0.4, 0.5) is 0 Å². The molecule has 0 fully saturated rings. The number of hydrogen-bond donors (Lipinski definition) is 1. The van der Waals surface area contributed by atoms with Gasteiger partial charge in [-0.15, -0.1) is 0 Å². The summed E-state index contributed by atoms with van der Waals surface area (Å²) in [5.74, 6) is -0.696. The smallest absolute Gasteiger partial charge is 0.303 e. The number of unbranched alkanes of at least 4 members (excludes halogenated alkanes) is 5. The lowest BCUT2D eigenvalue weighted by Gasteiger charge is -2.21. The van der Waals surface area contributed by atoms with E-state index in [9.17, 15) is 4.79 Å². The molecular formula is C23H46O5. The summed E-state index contributed by atoms with van der Waals surface area (Å²) >= 11 is 0. The Morgan fingerprint density at radius 1 is 0.643 bits per heavy atom. The summed E-state index contributed by atoms with van der Waals surface area (Å²) in [4.78, 5) is 10.5. The van der Waals surface area contributed by atoms with E-state index in [0.29, 0.717) is 12.2 Å². The standard InChI is InChI=1S/C23H46O5/c1-5-6-9-13-20(26-2)15-12-16-22(28-4)19-18-21(27-3)14-10-7-8-11-17-23(24)25/h20-22H,5-19H2,1-4H3,(H,24,25). The minimum absolute atomic E-state index is 0.276. The van der Waals surface area contributed by atoms with Gasteiger partial charge in [0.05, 0.1) is 18.3 Å². The van der Waals surface area contributed by atoms with Crippen LogP contribution in [0.2, 0.25) is 0 Å². The number of ether oxygens (including phenoxy) is 3. The fraction of sp³-hybridized carbons (Fsp3) is 0.957. The van der Waals surface area contributed by atoms with Crippen molar-refractivity contribution in [1.82, 2.24) is 0 Å². The lowest BCUT2D eigenvalue weighted by molar-refractivity contribution is -0.137. The van der Waals surface area contributed by atoms with E-state index in [1.807, 2.05) is 14.2 Å². The van der Waals surface area contributed by atoms with Crippen molar-refractivity contribution in [3.8, 4) is 0 Å². The molecule has 168 valence electrons. The van der Waals surface area contributed by atoms with Crippen molar-refractivity contribution in [3.05, 3.63) is 0 Å². The molecule has 3 unspecified atom stereocenters. The van der Waals surface area contributed by atoms with Crippen molar-refractivity contribution < 1.29 is 24.1 Å². The number of carboxylic acids is 1. The minimum Gasteiger partial charge on any atom is -0.481 e. The molecule has 0 bridgehead atoms. The van der Waals surface area contributed by atoms with Crippen LogP contribution >= 0.6 is 0 Å². The Balaban J connectivity index is 3.90. The lowest BCUT2D eigenvalue weighted by Crippen LogP contribution is -2.18. The van der Waals surface area contributed by atoms with Gasteiger partial charge in [-0.3, -0.25) is 4.79 Å². The maximum absolute atomic E-state index is 10.5. The van der Waals surface area contributed by atoms with Crippen LogP contribution in [0.5, 0.6) is 0 Å². The van der Waals surface area contributed by atoms with Gasteiger partial charge in [-0.2, -0.15) is 0 Å². The van der Waals surface area contributed by atoms with Gasteiger partial charge in [0.15, 0.2) is 0 Å². The molecule has 0 aliphatic carbocycles. The first-order chi connectivity index (χ1) is 13.6. The van der Waals surface area contributed by atoms with Crippen LogP contribution in [0, 0.1) is 0 Å². The summed E-state index contributed by atoms with van der Waals surface area (Å²) in [7, 11) is 5.43. The first-order valence-electron chi connectivity index (χ1n) is 11.4. The molecule has 0 aliphatic heterocycles. The fourth-order valence-electron chi connectivity index (χ4n) is 3.71. The summed E-state index contributed by atoms with van der Waals surface area (Å²) < 4.78 is 16.9. The van der Waals surface area contributed by atoms with Crippen molar-refractivity contribution in [2.24, 2.45) is 0 Å². The fourth-order valence-corrected chi connectivity index (χ4v) is 3.71. The summed E-state index contributed by atoms with van der Waals surface area (Å²) in [6.07, 6.45) is 16.6. The van der Waals surface area contributed by atoms with Crippen LogP contribution in [0.1, 0.15) is 103 Å². The molecule has 0 amide bonds. The molecule has 0 spiro atoms. The first-order valence-corrected chi connectivity index (χ1v) is 11.4. The highest BCUT2D eigenvalue weighted by molar-refractivity contribution is 5.66. The van der Waals surface area contributed by atoms with Gasteiger partial charge < -0.3 is 19.3 Å². The number of hydrogen-bond acceptors (Lipinski definition) is 4. The molecule has 0 aromatic carbocycles. The van der Waals surface area contributed by atoms with Gasteiger partial charge >= 0.3 is 5.97 Å². The van der Waals surface area contributed by atoms with Crippen LogP contribution in [0.15, 0.2) is 0 Å². The minimum atomic E-state index is -0.696. The molecule has 5 nitrogen and oxygen atoms in total. The van der Waals surface area contributed by atoms with Gasteiger partial charge in [0.25, 0.3) is 0 Å². The molecule has 0 saturated heterocycles. The van der Waals surface area contributed by atoms with Gasteiger partial charge in [0, 0.05) is 27.8 Å². The Labute approximate surface area is 173 Å². The zero-order valence-corrected chi connectivity index (χ0v) is 18.9. The molecule has 1 N–H and O–H groups in total. The quantitative estimate of drug-likeness (QED) is 0.239. The number of methoxy groups -OCH3 is 3. The molecule has 0 heterocycles. The average Bonchev–Trinajstić information content (AvgIpc) is 2.69. The molecule has 0 saturated carbocycles. The Hall–Kier alpha value is -0.650. The van der Waals surface area contributed by atoms with Gasteiger partial charge in [0.2, 0.25) is 0 Å². The van der Waals surface area contributed by atoms with E-state index < -0.39 is 5.97 Å². The predicted molar refractivity (Wildman–Crippen MR) is 115 cm³/mol. The van der Waals surface area contributed by atoms with Gasteiger partial charge in [0.1, 0.15) is 0 Å². The molecule has 0 aromatic heterocycles. The predicted octanol–water partition coefficient (Wildman–Crippen LogP) is 5.99. The van der Waals surface area contributed by atoms with Crippen molar-refractivity contribution in [3.63, 3.8) is 0 Å². The van der Waals surface area contributed by atoms with Crippen LogP contribution in [0.3, 0.4) is 0 Å². The highest BCUT2D eigenvalue weighted by Crippen LogP contribution is 2.19. The van der Waals surface area contributed by atoms with Gasteiger partial charge in [-0.05, 0) is 51.4 Å². The molecule has 0 aromatic rings. The second kappa shape index (κ2) is 19.7. The molecule has 28 heavy (non-hydrogen) atoms. The monoisotopic (exact) mass is 402 g/mol. The number of aliphatic carboxylic acids is 1. The van der Waals surface area contributed by atoms with E-state index in [2.05, 4.69) is 6.92 Å². The molecular weight excluding hydrogens is 356 g/mol. The topological polar surface area (TPSA) is 65.0 Å². The SMILES string of the molecule is CCCCCC(CCCC(CCC(CCCCCCC(=O)O)OC)OC)OC. The van der Waals surface area contributed by atoms with E-state index >= 15 is 0 Å². The zero-order valence-electron chi connectivity index (χ0n) is 18.9. The highest BCUT2D eigenvalue weighted by atomic mass is 16.5. The lowest BCUT2D eigenvalue weighted by atomic mass is 9.99. The van der Waals surface area contributed by atoms with Crippen molar-refractivity contribution in [2.45, 2.75) is 122 Å². The van der Waals surface area contributed by atoms with Gasteiger partial charge in [-0.1, -0.05) is 45.4 Å². The van der Waals surface area contributed by atoms with E-state index in [1.165, 1.54) is 25.7 Å². The highest BCUT2D eigenvalue weighted by Gasteiger charge is 2.14. The average molecular weight is 403 g/mol. The molecule has 0 aliphatic rings. The normalized spacial score (nSPS) is 14.7. The van der Waals surface area contributed by atoms with Crippen LogP contribution in [0.25, 0.3) is 0 Å². The van der Waals surface area contributed by atoms with Crippen molar-refractivity contribution in [1.29, 1.82) is 0 Å². The second-order valence-corrected chi connectivity index (χ2v) is 7.92. The maximum Gasteiger partial charge on any atom is 0.303 e. The summed E-state index contributed by atoms with van der Waals surface area (Å²) in [6, 6.07) is 0. The van der Waals surface area contributed by atoms with Crippen molar-refractivity contribution >= 4 is 5.97 Å². The third-order valence-corrected chi connectivity index (χ3v) is 5.66. The summed E-state index contributed by atoms with van der Waals surface area (Å²) in [5, 5.41) is 8.66. The number of carboxylic acid groups (broad SMARTS) is 1. The van der Waals surface area contributed by atoms with Crippen LogP contribution < -0.4 is 0 Å². The van der Waals surface area contributed by atoms with Crippen molar-refractivity contribution in [2.75, 3.05) is 21.3 Å². The summed E-state index contributed by atoms with van der Waals surface area (Å²) in [5.41, 5.74) is 0. The largest absolute Gasteiger partial charge is 0.481 e. The third kappa shape index (κ3) is 16.3. The van der Waals surface area contributed by atoms with Crippen LogP contribution in [-0.4, -0.2) is 50.7 Å². The Kier molecular flexibility index (Phi) is 19.2. The third-order valence-electron chi connectivity index (χ3n) is 5.66. The van der Waals surface area contributed by atoms with E-state index in [0.717, 1.165) is 64.2 Å². The van der Waals surface area contributed by atoms with E-state index in [1.54, 1.807) is 7.11 Å². The summed E-state index contributed by atoms with van der Waals surface area (Å²) in [6.45, 7) is 2.23. The van der Waals surface area contributed by atoms with Gasteiger partial charge in [-0.25, -0.2) is 0 Å². The first kappa shape index (κ1) is 27.4. The molecule has 3 atom stereocenters. The van der Waals surface area contributed by atoms with E-state index in [-0.39, 0.29) is 12.5 Å². The Morgan fingerprint density at radius 2 is 1.07 bits per heavy atom. The molecule has 0 radical (unpaired) electrons. The van der Waals surface area contributed by atoms with Crippen LogP contribution in [-0.2, 0) is 19.0 Å². The molecule has 5 heteroatoms. The maximum atomic E-state index is 10.5. The zero-order chi connectivity index (χ0) is 21.0.